The van der Waals surface area contributed by atoms with Gasteiger partial charge in [-0.2, -0.15) is 18.3 Å². The van der Waals surface area contributed by atoms with E-state index >= 15 is 0 Å². The average molecular weight is 199 g/mol. The number of aryl methyl sites for hydroxylation is 1. The summed E-state index contributed by atoms with van der Waals surface area (Å²) in [7, 11) is 1.21. The second-order valence-electron chi connectivity index (χ2n) is 2.39. The van der Waals surface area contributed by atoms with Gasteiger partial charge in [-0.3, -0.25) is 4.68 Å². The van der Waals surface area contributed by atoms with E-state index in [0.717, 1.165) is 4.68 Å². The van der Waals surface area contributed by atoms with Crippen molar-refractivity contribution >= 4 is 11.6 Å². The van der Waals surface area contributed by atoms with E-state index in [2.05, 4.69) is 5.10 Å². The minimum absolute atomic E-state index is 0.0355. The third-order valence-electron chi connectivity index (χ3n) is 1.49. The fourth-order valence-corrected chi connectivity index (χ4v) is 1.20. The van der Waals surface area contributed by atoms with Crippen LogP contribution in [0.4, 0.5) is 13.2 Å². The Balaban J connectivity index is 3.32. The summed E-state index contributed by atoms with van der Waals surface area (Å²) < 4.78 is 37.3. The standard InChI is InChI=1S/C6H6ClF3N2/c1-3-4(6(8,9)10)12(2)11-5(3)7/h1-2H3. The molecule has 6 heteroatoms. The molecule has 1 aromatic rings. The van der Waals surface area contributed by atoms with E-state index in [1.54, 1.807) is 0 Å². The van der Waals surface area contributed by atoms with Crippen LogP contribution in [0, 0.1) is 6.92 Å². The van der Waals surface area contributed by atoms with Crippen LogP contribution >= 0.6 is 11.6 Å². The van der Waals surface area contributed by atoms with Crippen LogP contribution in [0.3, 0.4) is 0 Å². The van der Waals surface area contributed by atoms with Crippen LogP contribution < -0.4 is 0 Å². The van der Waals surface area contributed by atoms with Crippen LogP contribution in [0.15, 0.2) is 0 Å². The molecule has 1 rings (SSSR count). The van der Waals surface area contributed by atoms with E-state index < -0.39 is 11.9 Å². The number of nitrogens with zero attached hydrogens (tertiary/aromatic N) is 2. The Morgan fingerprint density at radius 3 is 2.08 bits per heavy atom. The van der Waals surface area contributed by atoms with E-state index in [1.165, 1.54) is 14.0 Å². The molecule has 1 heterocycles. The van der Waals surface area contributed by atoms with Crippen molar-refractivity contribution in [2.45, 2.75) is 13.1 Å². The lowest BCUT2D eigenvalue weighted by Gasteiger charge is -2.06. The van der Waals surface area contributed by atoms with Gasteiger partial charge in [-0.15, -0.1) is 0 Å². The maximum atomic E-state index is 12.2. The molecule has 0 N–H and O–H groups in total. The Morgan fingerprint density at radius 2 is 1.92 bits per heavy atom. The third kappa shape index (κ3) is 1.41. The molecule has 0 bridgehead atoms. The molecule has 0 amide bonds. The maximum absolute atomic E-state index is 12.2. The van der Waals surface area contributed by atoms with Crippen LogP contribution in [0.2, 0.25) is 5.15 Å². The molecule has 0 fully saturated rings. The van der Waals surface area contributed by atoms with Gasteiger partial charge in [0.25, 0.3) is 0 Å². The summed E-state index contributed by atoms with van der Waals surface area (Å²) in [6.45, 7) is 1.29. The fraction of sp³-hybridized carbons (Fsp3) is 0.500. The molecule has 0 aliphatic rings. The van der Waals surface area contributed by atoms with E-state index in [9.17, 15) is 13.2 Å². The zero-order valence-corrected chi connectivity index (χ0v) is 7.16. The largest absolute Gasteiger partial charge is 0.433 e. The highest BCUT2D eigenvalue weighted by molar-refractivity contribution is 6.30. The third-order valence-corrected chi connectivity index (χ3v) is 1.85. The predicted octanol–water partition coefficient (Wildman–Crippen LogP) is 2.40. The van der Waals surface area contributed by atoms with Gasteiger partial charge < -0.3 is 0 Å². The quantitative estimate of drug-likeness (QED) is 0.626. The van der Waals surface area contributed by atoms with Crippen LogP contribution in [0.25, 0.3) is 0 Å². The molecule has 0 atom stereocenters. The Labute approximate surface area is 71.9 Å². The zero-order chi connectivity index (χ0) is 9.52. The smallest absolute Gasteiger partial charge is 0.262 e. The Morgan fingerprint density at radius 1 is 1.42 bits per heavy atom. The van der Waals surface area contributed by atoms with Gasteiger partial charge in [0.2, 0.25) is 0 Å². The lowest BCUT2D eigenvalue weighted by atomic mass is 10.3. The maximum Gasteiger partial charge on any atom is 0.433 e. The predicted molar refractivity (Wildman–Crippen MR) is 38.0 cm³/mol. The van der Waals surface area contributed by atoms with Crippen molar-refractivity contribution in [3.8, 4) is 0 Å². The molecule has 12 heavy (non-hydrogen) atoms. The van der Waals surface area contributed by atoms with Crippen molar-refractivity contribution in [1.29, 1.82) is 0 Å². The molecule has 0 aliphatic heterocycles. The minimum Gasteiger partial charge on any atom is -0.262 e. The molecule has 0 unspecified atom stereocenters. The summed E-state index contributed by atoms with van der Waals surface area (Å²) in [6.07, 6.45) is -4.39. The number of hydrogen-bond acceptors (Lipinski definition) is 1. The zero-order valence-electron chi connectivity index (χ0n) is 6.41. The van der Waals surface area contributed by atoms with Gasteiger partial charge in [0.1, 0.15) is 5.69 Å². The van der Waals surface area contributed by atoms with E-state index in [4.69, 9.17) is 11.6 Å². The van der Waals surface area contributed by atoms with Crippen molar-refractivity contribution in [3.05, 3.63) is 16.4 Å². The Hall–Kier alpha value is -0.710. The number of halogens is 4. The lowest BCUT2D eigenvalue weighted by Crippen LogP contribution is -2.12. The summed E-state index contributed by atoms with van der Waals surface area (Å²) in [5.41, 5.74) is -0.834. The highest BCUT2D eigenvalue weighted by atomic mass is 35.5. The van der Waals surface area contributed by atoms with Crippen molar-refractivity contribution in [2.75, 3.05) is 0 Å². The van der Waals surface area contributed by atoms with Gasteiger partial charge >= 0.3 is 6.18 Å². The lowest BCUT2D eigenvalue weighted by molar-refractivity contribution is -0.144. The van der Waals surface area contributed by atoms with E-state index in [-0.39, 0.29) is 10.7 Å². The highest BCUT2D eigenvalue weighted by Gasteiger charge is 2.37. The first-order chi connectivity index (χ1) is 5.34. The van der Waals surface area contributed by atoms with Gasteiger partial charge in [-0.25, -0.2) is 0 Å². The number of hydrogen-bond donors (Lipinski definition) is 0. The molecule has 0 saturated heterocycles. The second-order valence-corrected chi connectivity index (χ2v) is 2.74. The molecule has 0 spiro atoms. The first kappa shape index (κ1) is 9.38. The molecular formula is C6H6ClF3N2. The van der Waals surface area contributed by atoms with Gasteiger partial charge in [0.05, 0.1) is 0 Å². The molecule has 0 aliphatic carbocycles. The molecule has 0 saturated carbocycles. The van der Waals surface area contributed by atoms with E-state index in [0.29, 0.717) is 0 Å². The summed E-state index contributed by atoms with van der Waals surface area (Å²) in [6, 6.07) is 0. The summed E-state index contributed by atoms with van der Waals surface area (Å²) >= 11 is 5.41. The van der Waals surface area contributed by atoms with E-state index in [1.807, 2.05) is 0 Å². The molecule has 0 aromatic carbocycles. The Kier molecular flexibility index (Phi) is 2.07. The van der Waals surface area contributed by atoms with Crippen LogP contribution in [0.1, 0.15) is 11.3 Å². The first-order valence-electron chi connectivity index (χ1n) is 3.10. The van der Waals surface area contributed by atoms with Gasteiger partial charge in [-0.1, -0.05) is 11.6 Å². The summed E-state index contributed by atoms with van der Waals surface area (Å²) in [4.78, 5) is 0. The summed E-state index contributed by atoms with van der Waals surface area (Å²) in [5, 5.41) is 3.33. The number of rotatable bonds is 0. The molecular weight excluding hydrogens is 193 g/mol. The number of alkyl halides is 3. The van der Waals surface area contributed by atoms with Crippen molar-refractivity contribution in [3.63, 3.8) is 0 Å². The monoisotopic (exact) mass is 198 g/mol. The van der Waals surface area contributed by atoms with Crippen LogP contribution in [-0.4, -0.2) is 9.78 Å². The molecule has 2 nitrogen and oxygen atoms in total. The second kappa shape index (κ2) is 2.65. The first-order valence-corrected chi connectivity index (χ1v) is 3.48. The normalized spacial score (nSPS) is 12.2. The minimum atomic E-state index is -4.39. The topological polar surface area (TPSA) is 17.8 Å². The number of aromatic nitrogens is 2. The average Bonchev–Trinajstić information content (AvgIpc) is 2.05. The Bertz CT molecular complexity index is 302. The highest BCUT2D eigenvalue weighted by Crippen LogP contribution is 2.33. The van der Waals surface area contributed by atoms with Crippen molar-refractivity contribution < 1.29 is 13.2 Å². The van der Waals surface area contributed by atoms with Crippen molar-refractivity contribution in [2.24, 2.45) is 7.05 Å². The van der Waals surface area contributed by atoms with Gasteiger partial charge in [-0.05, 0) is 6.92 Å². The van der Waals surface area contributed by atoms with Gasteiger partial charge in [0.15, 0.2) is 5.15 Å². The molecule has 1 aromatic heterocycles. The summed E-state index contributed by atoms with van der Waals surface area (Å²) in [5.74, 6) is 0. The van der Waals surface area contributed by atoms with Gasteiger partial charge in [0, 0.05) is 12.6 Å². The van der Waals surface area contributed by atoms with Crippen LogP contribution in [-0.2, 0) is 13.2 Å². The molecule has 0 radical (unpaired) electrons. The van der Waals surface area contributed by atoms with Crippen LogP contribution in [0.5, 0.6) is 0 Å². The van der Waals surface area contributed by atoms with Crippen molar-refractivity contribution in [1.82, 2.24) is 9.78 Å². The molecule has 68 valence electrons. The SMILES string of the molecule is Cc1c(Cl)nn(C)c1C(F)(F)F. The fourth-order valence-electron chi connectivity index (χ4n) is 0.993.